The second-order valence-electron chi connectivity index (χ2n) is 8.71. The van der Waals surface area contributed by atoms with Crippen molar-refractivity contribution in [3.63, 3.8) is 0 Å². The molecule has 0 aromatic carbocycles. The molecule has 0 aliphatic carbocycles. The molecule has 2 saturated heterocycles. The van der Waals surface area contributed by atoms with Crippen LogP contribution < -0.4 is 10.5 Å². The van der Waals surface area contributed by atoms with E-state index in [1.807, 2.05) is 11.0 Å². The maximum Gasteiger partial charge on any atom is 0.225 e. The molecular formula is C23H31N7O3. The van der Waals surface area contributed by atoms with E-state index in [0.29, 0.717) is 13.1 Å². The number of oxime groups is 1. The van der Waals surface area contributed by atoms with Crippen LogP contribution in [0.4, 0.5) is 5.95 Å². The van der Waals surface area contributed by atoms with E-state index in [0.717, 1.165) is 66.9 Å². The molecule has 0 saturated carbocycles. The van der Waals surface area contributed by atoms with E-state index in [2.05, 4.69) is 20.0 Å². The highest BCUT2D eigenvalue weighted by Crippen LogP contribution is 2.26. The second kappa shape index (κ2) is 10.6. The van der Waals surface area contributed by atoms with Crippen molar-refractivity contribution in [3.8, 4) is 0 Å². The molecule has 2 aliphatic heterocycles. The topological polar surface area (TPSA) is 124 Å². The standard InChI is InChI=1S/C23H31N7O3/c1-33-27-21(20-3-2-8-30(32)16-20)18-6-11-29(12-7-18)22(31)19-4-9-28(10-5-19)15-17-13-25-23(24)26-14-17/h2-3,8,13-14,16,18-19H,4-7,9-12,15H2,1H3,(H2,24,25,26). The summed E-state index contributed by atoms with van der Waals surface area (Å²) in [6.07, 6.45) is 9.81. The summed E-state index contributed by atoms with van der Waals surface area (Å²) in [7, 11) is 1.51. The van der Waals surface area contributed by atoms with Gasteiger partial charge in [0.25, 0.3) is 0 Å². The second-order valence-corrected chi connectivity index (χ2v) is 8.71. The Morgan fingerprint density at radius 3 is 2.48 bits per heavy atom. The molecule has 0 bridgehead atoms. The Morgan fingerprint density at radius 2 is 1.85 bits per heavy atom. The molecule has 1 amide bonds. The van der Waals surface area contributed by atoms with E-state index >= 15 is 0 Å². The zero-order chi connectivity index (χ0) is 23.2. The van der Waals surface area contributed by atoms with Crippen LogP contribution in [0.2, 0.25) is 0 Å². The Hall–Kier alpha value is -3.27. The number of aromatic nitrogens is 3. The van der Waals surface area contributed by atoms with Crippen LogP contribution in [0.15, 0.2) is 42.1 Å². The summed E-state index contributed by atoms with van der Waals surface area (Å²) >= 11 is 0. The van der Waals surface area contributed by atoms with Crippen molar-refractivity contribution in [1.29, 1.82) is 0 Å². The third kappa shape index (κ3) is 5.75. The van der Waals surface area contributed by atoms with Crippen molar-refractivity contribution in [2.45, 2.75) is 32.2 Å². The van der Waals surface area contributed by atoms with Gasteiger partial charge in [0, 0.05) is 55.5 Å². The fourth-order valence-electron chi connectivity index (χ4n) is 4.74. The zero-order valence-electron chi connectivity index (χ0n) is 19.0. The maximum absolute atomic E-state index is 13.1. The lowest BCUT2D eigenvalue weighted by Gasteiger charge is -2.37. The van der Waals surface area contributed by atoms with Crippen LogP contribution in [0.1, 0.15) is 36.8 Å². The summed E-state index contributed by atoms with van der Waals surface area (Å²) in [5.41, 5.74) is 8.12. The first-order valence-corrected chi connectivity index (χ1v) is 11.4. The molecule has 0 radical (unpaired) electrons. The number of hydrogen-bond donors (Lipinski definition) is 1. The average Bonchev–Trinajstić information content (AvgIpc) is 2.84. The summed E-state index contributed by atoms with van der Waals surface area (Å²) in [4.78, 5) is 30.6. The van der Waals surface area contributed by atoms with Gasteiger partial charge in [0.1, 0.15) is 7.11 Å². The highest BCUT2D eigenvalue weighted by molar-refractivity contribution is 6.01. The molecule has 2 aliphatic rings. The smallest absolute Gasteiger partial charge is 0.225 e. The first-order valence-electron chi connectivity index (χ1n) is 11.4. The number of anilines is 1. The number of carbonyl (C=O) groups is 1. The van der Waals surface area contributed by atoms with Gasteiger partial charge in [-0.15, -0.1) is 0 Å². The SMILES string of the molecule is CON=C(c1ccc[n+]([O-])c1)C1CCN(C(=O)C2CCN(Cc3cnc(N)nc3)CC2)CC1. The number of pyridine rings is 1. The first kappa shape index (κ1) is 22.9. The zero-order valence-corrected chi connectivity index (χ0v) is 19.0. The van der Waals surface area contributed by atoms with Crippen molar-refractivity contribution in [1.82, 2.24) is 19.8 Å². The van der Waals surface area contributed by atoms with Gasteiger partial charge in [-0.05, 0) is 44.8 Å². The minimum Gasteiger partial charge on any atom is -0.619 e. The fraction of sp³-hybridized carbons (Fsp3) is 0.522. The largest absolute Gasteiger partial charge is 0.619 e. The molecule has 10 heteroatoms. The lowest BCUT2D eigenvalue weighted by atomic mass is 9.87. The molecule has 0 unspecified atom stereocenters. The van der Waals surface area contributed by atoms with Crippen molar-refractivity contribution in [3.05, 3.63) is 53.3 Å². The third-order valence-electron chi connectivity index (χ3n) is 6.52. The quantitative estimate of drug-likeness (QED) is 0.302. The molecule has 0 spiro atoms. The molecule has 176 valence electrons. The van der Waals surface area contributed by atoms with E-state index in [4.69, 9.17) is 10.6 Å². The average molecular weight is 454 g/mol. The first-order chi connectivity index (χ1) is 16.0. The number of piperidine rings is 2. The molecule has 4 heterocycles. The van der Waals surface area contributed by atoms with Gasteiger partial charge in [0.2, 0.25) is 11.9 Å². The number of likely N-dealkylation sites (tertiary alicyclic amines) is 2. The number of amides is 1. The van der Waals surface area contributed by atoms with E-state index in [1.54, 1.807) is 18.5 Å². The van der Waals surface area contributed by atoms with Gasteiger partial charge in [0.15, 0.2) is 12.4 Å². The molecule has 4 rings (SSSR count). The molecule has 0 atom stereocenters. The van der Waals surface area contributed by atoms with E-state index in [1.165, 1.54) is 19.5 Å². The molecule has 10 nitrogen and oxygen atoms in total. The van der Waals surface area contributed by atoms with Crippen molar-refractivity contribution in [2.24, 2.45) is 17.0 Å². The third-order valence-corrected chi connectivity index (χ3v) is 6.52. The Balaban J connectivity index is 1.28. The van der Waals surface area contributed by atoms with Gasteiger partial charge in [-0.3, -0.25) is 9.69 Å². The Kier molecular flexibility index (Phi) is 7.33. The van der Waals surface area contributed by atoms with Crippen LogP contribution in [-0.2, 0) is 16.2 Å². The lowest BCUT2D eigenvalue weighted by molar-refractivity contribution is -0.605. The highest BCUT2D eigenvalue weighted by atomic mass is 16.6. The Bertz CT molecular complexity index is 966. The van der Waals surface area contributed by atoms with Gasteiger partial charge in [0.05, 0.1) is 11.3 Å². The minimum absolute atomic E-state index is 0.0705. The number of carbonyl (C=O) groups excluding carboxylic acids is 1. The Morgan fingerprint density at radius 1 is 1.18 bits per heavy atom. The number of nitrogen functional groups attached to an aromatic ring is 1. The number of nitrogens with zero attached hydrogens (tertiary/aromatic N) is 6. The molecule has 2 aromatic rings. The van der Waals surface area contributed by atoms with Crippen LogP contribution in [0.3, 0.4) is 0 Å². The van der Waals surface area contributed by atoms with E-state index in [-0.39, 0.29) is 23.7 Å². The van der Waals surface area contributed by atoms with Crippen molar-refractivity contribution >= 4 is 17.6 Å². The normalized spacial score (nSPS) is 18.9. The van der Waals surface area contributed by atoms with Crippen LogP contribution in [-0.4, -0.2) is 64.7 Å². The molecule has 2 aromatic heterocycles. The highest BCUT2D eigenvalue weighted by Gasteiger charge is 2.33. The fourth-order valence-corrected chi connectivity index (χ4v) is 4.74. The van der Waals surface area contributed by atoms with Crippen LogP contribution >= 0.6 is 0 Å². The molecule has 2 N–H and O–H groups in total. The van der Waals surface area contributed by atoms with Crippen LogP contribution in [0.25, 0.3) is 0 Å². The molecular weight excluding hydrogens is 422 g/mol. The monoisotopic (exact) mass is 453 g/mol. The van der Waals surface area contributed by atoms with E-state index < -0.39 is 0 Å². The van der Waals surface area contributed by atoms with Gasteiger partial charge in [-0.2, -0.15) is 4.73 Å². The summed E-state index contributed by atoms with van der Waals surface area (Å²) in [6.45, 7) is 3.92. The minimum atomic E-state index is 0.0705. The Labute approximate surface area is 193 Å². The number of hydrogen-bond acceptors (Lipinski definition) is 8. The van der Waals surface area contributed by atoms with Crippen LogP contribution in [0, 0.1) is 17.0 Å². The predicted molar refractivity (Wildman–Crippen MR) is 123 cm³/mol. The summed E-state index contributed by atoms with van der Waals surface area (Å²) in [5.74, 6) is 0.762. The van der Waals surface area contributed by atoms with Crippen LogP contribution in [0.5, 0.6) is 0 Å². The van der Waals surface area contributed by atoms with E-state index in [9.17, 15) is 10.0 Å². The van der Waals surface area contributed by atoms with Gasteiger partial charge >= 0.3 is 0 Å². The maximum atomic E-state index is 13.1. The summed E-state index contributed by atoms with van der Waals surface area (Å²) in [6, 6.07) is 3.58. The summed E-state index contributed by atoms with van der Waals surface area (Å²) in [5, 5.41) is 15.9. The number of rotatable bonds is 6. The van der Waals surface area contributed by atoms with Crippen molar-refractivity contribution in [2.75, 3.05) is 39.0 Å². The summed E-state index contributed by atoms with van der Waals surface area (Å²) < 4.78 is 0.770. The van der Waals surface area contributed by atoms with Crippen molar-refractivity contribution < 1.29 is 14.4 Å². The van der Waals surface area contributed by atoms with Gasteiger partial charge in [-0.25, -0.2) is 9.97 Å². The van der Waals surface area contributed by atoms with Gasteiger partial charge < -0.3 is 20.7 Å². The molecule has 2 fully saturated rings. The predicted octanol–water partition coefficient (Wildman–Crippen LogP) is 1.19. The van der Waals surface area contributed by atoms with Gasteiger partial charge in [-0.1, -0.05) is 5.16 Å². The lowest BCUT2D eigenvalue weighted by Crippen LogP contribution is -2.46. The number of nitrogens with two attached hydrogens (primary N) is 1. The molecule has 33 heavy (non-hydrogen) atoms.